The van der Waals surface area contributed by atoms with Crippen molar-refractivity contribution in [2.75, 3.05) is 5.32 Å². The number of aryl methyl sites for hydroxylation is 2. The maximum Gasteiger partial charge on any atom is 0.322 e. The van der Waals surface area contributed by atoms with Crippen LogP contribution in [0.25, 0.3) is 11.5 Å². The third-order valence-corrected chi connectivity index (χ3v) is 7.39. The van der Waals surface area contributed by atoms with Crippen molar-refractivity contribution in [3.63, 3.8) is 0 Å². The molecule has 7 heteroatoms. The molecule has 6 nitrogen and oxygen atoms in total. The molecule has 0 aliphatic carbocycles. The molecular weight excluding hydrogens is 489 g/mol. The van der Waals surface area contributed by atoms with Gasteiger partial charge in [0.15, 0.2) is 0 Å². The van der Waals surface area contributed by atoms with Crippen LogP contribution < -0.4 is 5.32 Å². The summed E-state index contributed by atoms with van der Waals surface area (Å²) in [5.74, 6) is 0.598. The van der Waals surface area contributed by atoms with Crippen LogP contribution in [0.5, 0.6) is 0 Å². The SMILES string of the molecule is CCc1ccccc1NC(=O)N1Cc2c(CC)nn(-c3ccccc3)c2-n2cccc2[C@H]1c1ccc(F)cc1. The van der Waals surface area contributed by atoms with E-state index in [1.807, 2.05) is 82.5 Å². The van der Waals surface area contributed by atoms with Gasteiger partial charge in [-0.05, 0) is 66.4 Å². The van der Waals surface area contributed by atoms with E-state index in [-0.39, 0.29) is 11.8 Å². The third-order valence-electron chi connectivity index (χ3n) is 7.39. The molecule has 5 aromatic rings. The molecule has 0 bridgehead atoms. The number of aromatic nitrogens is 3. The maximum absolute atomic E-state index is 14.2. The first-order valence-electron chi connectivity index (χ1n) is 13.3. The monoisotopic (exact) mass is 519 g/mol. The molecule has 1 aliphatic heterocycles. The lowest BCUT2D eigenvalue weighted by Gasteiger charge is -2.31. The van der Waals surface area contributed by atoms with Crippen LogP contribution >= 0.6 is 0 Å². The third kappa shape index (κ3) is 4.40. The summed E-state index contributed by atoms with van der Waals surface area (Å²) >= 11 is 0. The summed E-state index contributed by atoms with van der Waals surface area (Å²) in [5, 5.41) is 8.18. The fraction of sp³-hybridized carbons (Fsp3) is 0.188. The number of hydrogen-bond acceptors (Lipinski definition) is 2. The summed E-state index contributed by atoms with van der Waals surface area (Å²) in [6, 6.07) is 27.7. The zero-order chi connectivity index (χ0) is 26.9. The van der Waals surface area contributed by atoms with Gasteiger partial charge in [0, 0.05) is 17.4 Å². The van der Waals surface area contributed by atoms with E-state index >= 15 is 0 Å². The van der Waals surface area contributed by atoms with Gasteiger partial charge >= 0.3 is 6.03 Å². The number of hydrogen-bond donors (Lipinski definition) is 1. The topological polar surface area (TPSA) is 55.1 Å². The molecule has 6 rings (SSSR count). The van der Waals surface area contributed by atoms with Crippen molar-refractivity contribution in [2.24, 2.45) is 0 Å². The highest BCUT2D eigenvalue weighted by atomic mass is 19.1. The molecule has 3 aromatic carbocycles. The second-order valence-corrected chi connectivity index (χ2v) is 9.68. The smallest absolute Gasteiger partial charge is 0.308 e. The average Bonchev–Trinajstić information content (AvgIpc) is 3.55. The van der Waals surface area contributed by atoms with Gasteiger partial charge in [-0.2, -0.15) is 5.10 Å². The minimum Gasteiger partial charge on any atom is -0.308 e. The Bertz CT molecular complexity index is 1620. The zero-order valence-corrected chi connectivity index (χ0v) is 22.0. The molecule has 0 saturated heterocycles. The number of nitrogens with one attached hydrogen (secondary N) is 1. The number of anilines is 1. The Kier molecular flexibility index (Phi) is 6.49. The lowest BCUT2D eigenvalue weighted by molar-refractivity contribution is 0.194. The van der Waals surface area contributed by atoms with Gasteiger partial charge in [0.25, 0.3) is 0 Å². The summed E-state index contributed by atoms with van der Waals surface area (Å²) in [7, 11) is 0. The van der Waals surface area contributed by atoms with Gasteiger partial charge in [0.2, 0.25) is 0 Å². The molecule has 2 amide bonds. The van der Waals surface area contributed by atoms with Gasteiger partial charge in [-0.25, -0.2) is 13.9 Å². The Morgan fingerprint density at radius 2 is 1.67 bits per heavy atom. The molecule has 0 fully saturated rings. The lowest BCUT2D eigenvalue weighted by atomic mass is 10.0. The van der Waals surface area contributed by atoms with Crippen molar-refractivity contribution < 1.29 is 9.18 Å². The highest BCUT2D eigenvalue weighted by Gasteiger charge is 2.36. The van der Waals surface area contributed by atoms with Gasteiger partial charge < -0.3 is 14.8 Å². The Hall–Kier alpha value is -4.65. The number of nitrogens with zero attached hydrogens (tertiary/aromatic N) is 4. The second-order valence-electron chi connectivity index (χ2n) is 9.68. The highest BCUT2D eigenvalue weighted by Crippen LogP contribution is 2.39. The van der Waals surface area contributed by atoms with Crippen LogP contribution in [0.1, 0.15) is 48.0 Å². The Morgan fingerprint density at radius 3 is 2.41 bits per heavy atom. The number of carbonyl (C=O) groups excluding carboxylic acids is 1. The zero-order valence-electron chi connectivity index (χ0n) is 22.0. The van der Waals surface area contributed by atoms with Crippen LogP contribution in [0.2, 0.25) is 0 Å². The number of benzene rings is 3. The maximum atomic E-state index is 14.2. The molecule has 196 valence electrons. The number of fused-ring (bicyclic) bond motifs is 3. The molecule has 3 heterocycles. The molecule has 1 N–H and O–H groups in total. The van der Waals surface area contributed by atoms with E-state index < -0.39 is 6.04 Å². The number of halogens is 1. The standard InChI is InChI=1S/C32H30FN5O/c1-3-22-11-8-9-14-28(22)34-32(39)37-21-26-27(4-2)35-38(25-12-6-5-7-13-25)31(26)36-20-10-15-29(36)30(37)23-16-18-24(33)19-17-23/h5-20,30H,3-4,21H2,1-2H3,(H,34,39)/t30-/m1/s1. The molecule has 2 aromatic heterocycles. The fourth-order valence-corrected chi connectivity index (χ4v) is 5.48. The summed E-state index contributed by atoms with van der Waals surface area (Å²) in [5.41, 5.74) is 6.45. The van der Waals surface area contributed by atoms with Crippen molar-refractivity contribution in [3.8, 4) is 11.5 Å². The molecule has 0 radical (unpaired) electrons. The Morgan fingerprint density at radius 1 is 0.923 bits per heavy atom. The van der Waals surface area contributed by atoms with Crippen LogP contribution in [0.4, 0.5) is 14.9 Å². The fourth-order valence-electron chi connectivity index (χ4n) is 5.48. The minimum atomic E-state index is -0.448. The van der Waals surface area contributed by atoms with Gasteiger partial charge in [-0.3, -0.25) is 0 Å². The second kappa shape index (κ2) is 10.3. The van der Waals surface area contributed by atoms with Crippen molar-refractivity contribution in [1.82, 2.24) is 19.2 Å². The molecule has 0 spiro atoms. The van der Waals surface area contributed by atoms with E-state index in [2.05, 4.69) is 23.7 Å². The van der Waals surface area contributed by atoms with Crippen LogP contribution in [-0.4, -0.2) is 25.3 Å². The molecule has 0 unspecified atom stereocenters. The molecular formula is C32H30FN5O. The quantitative estimate of drug-likeness (QED) is 0.270. The number of urea groups is 1. The number of carbonyl (C=O) groups is 1. The molecule has 1 aliphatic rings. The van der Waals surface area contributed by atoms with E-state index in [1.165, 1.54) is 12.1 Å². The van der Waals surface area contributed by atoms with E-state index in [0.717, 1.165) is 51.7 Å². The van der Waals surface area contributed by atoms with Crippen molar-refractivity contribution in [3.05, 3.63) is 131 Å². The summed E-state index contributed by atoms with van der Waals surface area (Å²) in [6.45, 7) is 4.50. The highest BCUT2D eigenvalue weighted by molar-refractivity contribution is 5.91. The van der Waals surface area contributed by atoms with Crippen molar-refractivity contribution >= 4 is 11.7 Å². The molecule has 0 saturated carbocycles. The summed E-state index contributed by atoms with van der Waals surface area (Å²) < 4.78 is 18.1. The summed E-state index contributed by atoms with van der Waals surface area (Å²) in [4.78, 5) is 16.0. The van der Waals surface area contributed by atoms with Gasteiger partial charge in [-0.1, -0.05) is 62.4 Å². The summed E-state index contributed by atoms with van der Waals surface area (Å²) in [6.07, 6.45) is 3.53. The molecule has 1 atom stereocenters. The van der Waals surface area contributed by atoms with E-state index in [4.69, 9.17) is 5.10 Å². The number of para-hydroxylation sites is 2. The van der Waals surface area contributed by atoms with Crippen LogP contribution in [-0.2, 0) is 19.4 Å². The predicted molar refractivity (Wildman–Crippen MR) is 151 cm³/mol. The van der Waals surface area contributed by atoms with Crippen LogP contribution in [0.3, 0.4) is 0 Å². The van der Waals surface area contributed by atoms with Crippen LogP contribution in [0, 0.1) is 5.82 Å². The molecule has 39 heavy (non-hydrogen) atoms. The van der Waals surface area contributed by atoms with Gasteiger partial charge in [0.1, 0.15) is 11.6 Å². The predicted octanol–water partition coefficient (Wildman–Crippen LogP) is 7.06. The van der Waals surface area contributed by atoms with E-state index in [9.17, 15) is 9.18 Å². The lowest BCUT2D eigenvalue weighted by Crippen LogP contribution is -2.38. The first kappa shape index (κ1) is 24.7. The average molecular weight is 520 g/mol. The normalized spacial score (nSPS) is 14.4. The first-order valence-corrected chi connectivity index (χ1v) is 13.3. The number of amides is 2. The van der Waals surface area contributed by atoms with E-state index in [0.29, 0.717) is 13.0 Å². The van der Waals surface area contributed by atoms with Crippen molar-refractivity contribution in [2.45, 2.75) is 39.3 Å². The van der Waals surface area contributed by atoms with E-state index in [1.54, 1.807) is 12.1 Å². The van der Waals surface area contributed by atoms with Gasteiger partial charge in [-0.15, -0.1) is 0 Å². The van der Waals surface area contributed by atoms with Crippen molar-refractivity contribution in [1.29, 1.82) is 0 Å². The minimum absolute atomic E-state index is 0.222. The Labute approximate surface area is 227 Å². The van der Waals surface area contributed by atoms with Gasteiger partial charge in [0.05, 0.1) is 29.7 Å². The largest absolute Gasteiger partial charge is 0.322 e. The Balaban J connectivity index is 1.55. The number of rotatable bonds is 5. The first-order chi connectivity index (χ1) is 19.1. The van der Waals surface area contributed by atoms with Crippen LogP contribution in [0.15, 0.2) is 97.2 Å².